The molecule has 1 amide bonds. The fourth-order valence-electron chi connectivity index (χ4n) is 2.99. The lowest BCUT2D eigenvalue weighted by molar-refractivity contribution is -0.139. The number of hydrogen-bond acceptors (Lipinski definition) is 5. The van der Waals surface area contributed by atoms with Crippen molar-refractivity contribution in [3.05, 3.63) is 76.7 Å². The zero-order chi connectivity index (χ0) is 21.5. The Morgan fingerprint density at radius 3 is 2.73 bits per heavy atom. The highest BCUT2D eigenvalue weighted by atomic mass is 32.2. The second-order valence-corrected chi connectivity index (χ2v) is 7.86. The van der Waals surface area contributed by atoms with E-state index < -0.39 is 12.6 Å². The van der Waals surface area contributed by atoms with Crippen LogP contribution in [0.25, 0.3) is 6.08 Å². The summed E-state index contributed by atoms with van der Waals surface area (Å²) in [6.45, 7) is 5.44. The summed E-state index contributed by atoms with van der Waals surface area (Å²) in [4.78, 5) is 23.7. The van der Waals surface area contributed by atoms with Gasteiger partial charge in [0.1, 0.15) is 5.75 Å². The summed E-state index contributed by atoms with van der Waals surface area (Å²) in [6.07, 6.45) is 5.05. The highest BCUT2D eigenvalue weighted by Crippen LogP contribution is 2.31. The van der Waals surface area contributed by atoms with Crippen LogP contribution in [0.2, 0.25) is 0 Å². The number of carbonyl (C=O) groups excluding carboxylic acids is 1. The molecule has 3 rings (SSSR count). The summed E-state index contributed by atoms with van der Waals surface area (Å²) < 4.78 is 5.33. The standard InChI is InChI=1S/C23H24N2O4S/c1-3-5-17-12-16(8-11-19(17)29-14-21(26)27)13-20-22(28)25-23(30-20)24-18-9-6-15(4-2)7-10-18/h3,6-13,23-24H,1,4-5,14H2,2H3,(H,25,28)(H,26,27)/b20-13-/t23-/m0/s1. The lowest BCUT2D eigenvalue weighted by atomic mass is 10.1. The first-order chi connectivity index (χ1) is 14.5. The number of aryl methyl sites for hydroxylation is 1. The van der Waals surface area contributed by atoms with Gasteiger partial charge in [-0.2, -0.15) is 0 Å². The first-order valence-corrected chi connectivity index (χ1v) is 10.5. The maximum absolute atomic E-state index is 12.4. The predicted molar refractivity (Wildman–Crippen MR) is 120 cm³/mol. The number of thioether (sulfide) groups is 1. The molecule has 156 valence electrons. The molecule has 3 N–H and O–H groups in total. The minimum atomic E-state index is -1.03. The zero-order valence-corrected chi connectivity index (χ0v) is 17.5. The van der Waals surface area contributed by atoms with Crippen LogP contribution >= 0.6 is 11.8 Å². The third kappa shape index (κ3) is 5.67. The number of aliphatic carboxylic acids is 1. The molecule has 6 nitrogen and oxygen atoms in total. The third-order valence-electron chi connectivity index (χ3n) is 4.49. The highest BCUT2D eigenvalue weighted by molar-refractivity contribution is 8.05. The second-order valence-electron chi connectivity index (χ2n) is 6.72. The van der Waals surface area contributed by atoms with Gasteiger partial charge in [0, 0.05) is 5.69 Å². The first-order valence-electron chi connectivity index (χ1n) is 9.61. The molecule has 1 fully saturated rings. The van der Waals surface area contributed by atoms with E-state index >= 15 is 0 Å². The van der Waals surface area contributed by atoms with Crippen LogP contribution in [-0.4, -0.2) is 29.1 Å². The largest absolute Gasteiger partial charge is 0.482 e. The van der Waals surface area contributed by atoms with Gasteiger partial charge in [-0.1, -0.05) is 43.0 Å². The Hall–Kier alpha value is -3.19. The number of nitrogens with one attached hydrogen (secondary N) is 2. The monoisotopic (exact) mass is 424 g/mol. The van der Waals surface area contributed by atoms with E-state index in [0.717, 1.165) is 23.2 Å². The fraction of sp³-hybridized carbons (Fsp3) is 0.217. The van der Waals surface area contributed by atoms with Gasteiger partial charge in [0.05, 0.1) is 4.91 Å². The molecule has 0 spiro atoms. The minimum Gasteiger partial charge on any atom is -0.482 e. The van der Waals surface area contributed by atoms with Crippen molar-refractivity contribution in [1.82, 2.24) is 5.32 Å². The van der Waals surface area contributed by atoms with Crippen molar-refractivity contribution in [2.45, 2.75) is 25.3 Å². The van der Waals surface area contributed by atoms with Crippen LogP contribution < -0.4 is 15.4 Å². The van der Waals surface area contributed by atoms with E-state index in [1.807, 2.05) is 24.3 Å². The number of benzene rings is 2. The van der Waals surface area contributed by atoms with Crippen LogP contribution in [0.15, 0.2) is 60.0 Å². The predicted octanol–water partition coefficient (Wildman–Crippen LogP) is 4.04. The van der Waals surface area contributed by atoms with Crippen molar-refractivity contribution >= 4 is 35.4 Å². The number of allylic oxidation sites excluding steroid dienone is 1. The smallest absolute Gasteiger partial charge is 0.341 e. The van der Waals surface area contributed by atoms with Crippen molar-refractivity contribution in [3.63, 3.8) is 0 Å². The molecule has 1 saturated heterocycles. The molecule has 0 aliphatic carbocycles. The van der Waals surface area contributed by atoms with Crippen LogP contribution in [0.4, 0.5) is 5.69 Å². The van der Waals surface area contributed by atoms with Gasteiger partial charge in [-0.25, -0.2) is 4.79 Å². The summed E-state index contributed by atoms with van der Waals surface area (Å²) >= 11 is 1.42. The topological polar surface area (TPSA) is 87.7 Å². The molecule has 2 aromatic carbocycles. The minimum absolute atomic E-state index is 0.140. The Kier molecular flexibility index (Phi) is 7.19. The highest BCUT2D eigenvalue weighted by Gasteiger charge is 2.27. The molecule has 1 heterocycles. The van der Waals surface area contributed by atoms with Crippen molar-refractivity contribution in [1.29, 1.82) is 0 Å². The van der Waals surface area contributed by atoms with Crippen molar-refractivity contribution in [3.8, 4) is 5.75 Å². The SMILES string of the molecule is C=CCc1cc(/C=C2\S[C@@H](Nc3ccc(CC)cc3)NC2=O)ccc1OCC(=O)O. The molecular formula is C23H24N2O4S. The molecule has 0 bridgehead atoms. The maximum atomic E-state index is 12.4. The average molecular weight is 425 g/mol. The van der Waals surface area contributed by atoms with Gasteiger partial charge >= 0.3 is 5.97 Å². The molecule has 7 heteroatoms. The number of carboxylic acid groups (broad SMARTS) is 1. The summed E-state index contributed by atoms with van der Waals surface area (Å²) in [5.41, 5.74) is 3.60. The Bertz CT molecular complexity index is 970. The number of carbonyl (C=O) groups is 2. The first kappa shape index (κ1) is 21.5. The molecular weight excluding hydrogens is 400 g/mol. The number of carboxylic acids is 1. The number of ether oxygens (including phenoxy) is 1. The van der Waals surface area contributed by atoms with E-state index in [4.69, 9.17) is 9.84 Å². The molecule has 2 aromatic rings. The molecule has 0 aromatic heterocycles. The Morgan fingerprint density at radius 1 is 1.30 bits per heavy atom. The van der Waals surface area contributed by atoms with Crippen molar-refractivity contribution in [2.24, 2.45) is 0 Å². The van der Waals surface area contributed by atoms with E-state index in [0.29, 0.717) is 17.1 Å². The van der Waals surface area contributed by atoms with Gasteiger partial charge in [-0.15, -0.1) is 6.58 Å². The Labute approximate surface area is 180 Å². The Morgan fingerprint density at radius 2 is 2.07 bits per heavy atom. The number of anilines is 1. The molecule has 1 atom stereocenters. The normalized spacial score (nSPS) is 16.9. The second kappa shape index (κ2) is 10.0. The molecule has 1 aliphatic heterocycles. The third-order valence-corrected chi connectivity index (χ3v) is 5.52. The fourth-order valence-corrected chi connectivity index (χ4v) is 3.97. The van der Waals surface area contributed by atoms with Crippen molar-refractivity contribution < 1.29 is 19.4 Å². The number of hydrogen-bond donors (Lipinski definition) is 3. The van der Waals surface area contributed by atoms with Crippen LogP contribution in [-0.2, 0) is 22.4 Å². The summed E-state index contributed by atoms with van der Waals surface area (Å²) in [6, 6.07) is 13.5. The van der Waals surface area contributed by atoms with Crippen LogP contribution in [0.1, 0.15) is 23.6 Å². The van der Waals surface area contributed by atoms with Gasteiger partial charge in [0.25, 0.3) is 5.91 Å². The Balaban J connectivity index is 1.72. The van der Waals surface area contributed by atoms with Crippen LogP contribution in [0, 0.1) is 0 Å². The van der Waals surface area contributed by atoms with E-state index in [-0.39, 0.29) is 11.4 Å². The van der Waals surface area contributed by atoms with Crippen LogP contribution in [0.3, 0.4) is 0 Å². The summed E-state index contributed by atoms with van der Waals surface area (Å²) in [7, 11) is 0. The molecule has 0 unspecified atom stereocenters. The lowest BCUT2D eigenvalue weighted by Gasteiger charge is -2.13. The van der Waals surface area contributed by atoms with Gasteiger partial charge in [0.15, 0.2) is 12.1 Å². The molecule has 1 aliphatic rings. The van der Waals surface area contributed by atoms with Gasteiger partial charge < -0.3 is 20.5 Å². The summed E-state index contributed by atoms with van der Waals surface area (Å²) in [5.74, 6) is -0.676. The molecule has 0 radical (unpaired) electrons. The van der Waals surface area contributed by atoms with Gasteiger partial charge in [-0.05, 0) is 59.9 Å². The maximum Gasteiger partial charge on any atom is 0.341 e. The van der Waals surface area contributed by atoms with E-state index in [9.17, 15) is 9.59 Å². The van der Waals surface area contributed by atoms with Gasteiger partial charge in [-0.3, -0.25) is 4.79 Å². The molecule has 0 saturated carbocycles. The van der Waals surface area contributed by atoms with E-state index in [1.165, 1.54) is 17.3 Å². The average Bonchev–Trinajstić information content (AvgIpc) is 3.06. The number of rotatable bonds is 9. The molecule has 30 heavy (non-hydrogen) atoms. The number of amides is 1. The van der Waals surface area contributed by atoms with Crippen LogP contribution in [0.5, 0.6) is 5.75 Å². The van der Waals surface area contributed by atoms with E-state index in [1.54, 1.807) is 18.2 Å². The van der Waals surface area contributed by atoms with Crippen molar-refractivity contribution in [2.75, 3.05) is 11.9 Å². The summed E-state index contributed by atoms with van der Waals surface area (Å²) in [5, 5.41) is 15.0. The zero-order valence-electron chi connectivity index (χ0n) is 16.7. The quantitative estimate of drug-likeness (QED) is 0.416. The van der Waals surface area contributed by atoms with Gasteiger partial charge in [0.2, 0.25) is 0 Å². The van der Waals surface area contributed by atoms with E-state index in [2.05, 4.69) is 36.3 Å². The lowest BCUT2D eigenvalue weighted by Crippen LogP contribution is -2.30.